The number of aliphatic hydroxyl groups excluding tert-OH is 1. The van der Waals surface area contributed by atoms with Crippen molar-refractivity contribution in [1.29, 1.82) is 5.41 Å². The van der Waals surface area contributed by atoms with Crippen molar-refractivity contribution in [3.05, 3.63) is 59.7 Å². The number of nitrogens with two attached hydrogens (primary N) is 1. The number of halogens is 3. The molecule has 0 amide bonds. The highest BCUT2D eigenvalue weighted by molar-refractivity contribution is 7.89. The van der Waals surface area contributed by atoms with Crippen molar-refractivity contribution in [2.45, 2.75) is 17.2 Å². The van der Waals surface area contributed by atoms with Gasteiger partial charge in [-0.2, -0.15) is 17.5 Å². The number of aliphatic hydroxyl groups is 1. The van der Waals surface area contributed by atoms with E-state index in [2.05, 4.69) is 5.32 Å². The van der Waals surface area contributed by atoms with Crippen molar-refractivity contribution < 1.29 is 26.7 Å². The topological polar surface area (TPSA) is 120 Å². The van der Waals surface area contributed by atoms with E-state index in [0.717, 1.165) is 16.4 Å². The van der Waals surface area contributed by atoms with E-state index in [1.54, 1.807) is 24.3 Å². The van der Waals surface area contributed by atoms with Crippen LogP contribution in [-0.2, 0) is 16.2 Å². The molecule has 0 aromatic heterocycles. The van der Waals surface area contributed by atoms with Crippen molar-refractivity contribution in [2.75, 3.05) is 25.5 Å². The lowest BCUT2D eigenvalue weighted by molar-refractivity contribution is -0.137. The summed E-state index contributed by atoms with van der Waals surface area (Å²) in [5.41, 5.74) is 5.60. The molecule has 1 unspecified atom stereocenters. The summed E-state index contributed by atoms with van der Waals surface area (Å²) < 4.78 is 63.7. The molecule has 0 heterocycles. The molecule has 29 heavy (non-hydrogen) atoms. The number of nitrogens with one attached hydrogen (secondary N) is 2. The third-order valence-corrected chi connectivity index (χ3v) is 5.93. The van der Waals surface area contributed by atoms with E-state index >= 15 is 0 Å². The smallest absolute Gasteiger partial charge is 0.390 e. The first-order chi connectivity index (χ1) is 13.4. The number of benzene rings is 2. The zero-order valence-corrected chi connectivity index (χ0v) is 16.3. The van der Waals surface area contributed by atoms with E-state index in [1.165, 1.54) is 7.05 Å². The van der Waals surface area contributed by atoms with Crippen molar-refractivity contribution in [3.63, 3.8) is 0 Å². The standard InChI is InChI=1S/C18H21F3N4O3S/c1-25(29(27,28)16-8-4-13(5-9-16)18(19,20)21)11-15(26)10-24-14-6-2-12(3-7-14)17(22)23/h2-9,15,24,26H,10-11H2,1H3,(H3,22,23). The maximum atomic E-state index is 12.6. The fourth-order valence-electron chi connectivity index (χ4n) is 2.46. The lowest BCUT2D eigenvalue weighted by Gasteiger charge is -2.21. The van der Waals surface area contributed by atoms with Gasteiger partial charge in [-0.05, 0) is 48.5 Å². The molecule has 0 fully saturated rings. The van der Waals surface area contributed by atoms with Crippen LogP contribution in [0.3, 0.4) is 0 Å². The van der Waals surface area contributed by atoms with Crippen LogP contribution in [-0.4, -0.2) is 49.9 Å². The molecule has 2 aromatic carbocycles. The summed E-state index contributed by atoms with van der Waals surface area (Å²) in [6.07, 6.45) is -5.63. The molecule has 5 N–H and O–H groups in total. The molecule has 0 bridgehead atoms. The molecule has 0 spiro atoms. The minimum atomic E-state index is -4.56. The summed E-state index contributed by atoms with van der Waals surface area (Å²) in [5, 5.41) is 20.4. The minimum Gasteiger partial charge on any atom is -0.390 e. The SMILES string of the molecule is CN(CC(O)CNc1ccc(C(=N)N)cc1)S(=O)(=O)c1ccc(C(F)(F)F)cc1. The maximum Gasteiger partial charge on any atom is 0.416 e. The van der Waals surface area contributed by atoms with Crippen LogP contribution in [0.25, 0.3) is 0 Å². The number of sulfonamides is 1. The molecule has 0 saturated carbocycles. The lowest BCUT2D eigenvalue weighted by Crippen LogP contribution is -2.37. The Morgan fingerprint density at radius 1 is 1.17 bits per heavy atom. The van der Waals surface area contributed by atoms with Crippen LogP contribution in [0.2, 0.25) is 0 Å². The van der Waals surface area contributed by atoms with E-state index in [9.17, 15) is 26.7 Å². The second-order valence-electron chi connectivity index (χ2n) is 6.33. The normalized spacial score (nSPS) is 13.3. The molecule has 0 aliphatic rings. The number of likely N-dealkylation sites (N-methyl/N-ethyl adjacent to an activating group) is 1. The first-order valence-electron chi connectivity index (χ1n) is 8.41. The third kappa shape index (κ3) is 5.92. The number of amidine groups is 1. The molecule has 7 nitrogen and oxygen atoms in total. The molecule has 2 rings (SSSR count). The first-order valence-corrected chi connectivity index (χ1v) is 9.85. The summed E-state index contributed by atoms with van der Waals surface area (Å²) in [7, 11) is -2.82. The maximum absolute atomic E-state index is 12.6. The lowest BCUT2D eigenvalue weighted by atomic mass is 10.2. The van der Waals surface area contributed by atoms with Gasteiger partial charge >= 0.3 is 6.18 Å². The molecular formula is C18H21F3N4O3S. The Kier molecular flexibility index (Phi) is 6.88. The van der Waals surface area contributed by atoms with Crippen LogP contribution in [0.5, 0.6) is 0 Å². The first kappa shape index (κ1) is 22.7. The van der Waals surface area contributed by atoms with Gasteiger partial charge in [0, 0.05) is 31.4 Å². The van der Waals surface area contributed by atoms with Crippen LogP contribution in [0.4, 0.5) is 18.9 Å². The Balaban J connectivity index is 1.96. The van der Waals surface area contributed by atoms with Gasteiger partial charge in [0.15, 0.2) is 0 Å². The van der Waals surface area contributed by atoms with Crippen molar-refractivity contribution in [2.24, 2.45) is 5.73 Å². The van der Waals surface area contributed by atoms with Gasteiger partial charge in [0.05, 0.1) is 16.6 Å². The molecule has 0 saturated heterocycles. The molecule has 2 aromatic rings. The zero-order chi connectivity index (χ0) is 21.8. The predicted molar refractivity (Wildman–Crippen MR) is 103 cm³/mol. The Labute approximate surface area is 166 Å². The number of hydrogen-bond donors (Lipinski definition) is 4. The summed E-state index contributed by atoms with van der Waals surface area (Å²) in [4.78, 5) is -0.298. The van der Waals surface area contributed by atoms with Crippen molar-refractivity contribution in [1.82, 2.24) is 4.31 Å². The summed E-state index contributed by atoms with van der Waals surface area (Å²) in [6, 6.07) is 9.73. The molecule has 0 aliphatic carbocycles. The Morgan fingerprint density at radius 2 is 1.72 bits per heavy atom. The van der Waals surface area contributed by atoms with Gasteiger partial charge < -0.3 is 16.2 Å². The highest BCUT2D eigenvalue weighted by Gasteiger charge is 2.31. The second-order valence-corrected chi connectivity index (χ2v) is 8.38. The molecular weight excluding hydrogens is 409 g/mol. The van der Waals surface area contributed by atoms with Crippen molar-refractivity contribution in [3.8, 4) is 0 Å². The molecule has 0 aliphatic heterocycles. The van der Waals surface area contributed by atoms with Gasteiger partial charge in [-0.1, -0.05) is 0 Å². The average molecular weight is 430 g/mol. The highest BCUT2D eigenvalue weighted by Crippen LogP contribution is 2.30. The number of anilines is 1. The van der Waals surface area contributed by atoms with Crippen LogP contribution in [0, 0.1) is 5.41 Å². The van der Waals surface area contributed by atoms with Gasteiger partial charge in [0.2, 0.25) is 10.0 Å². The van der Waals surface area contributed by atoms with Crippen LogP contribution >= 0.6 is 0 Å². The molecule has 1 atom stereocenters. The summed E-state index contributed by atoms with van der Waals surface area (Å²) in [5.74, 6) is -0.0771. The zero-order valence-electron chi connectivity index (χ0n) is 15.4. The van der Waals surface area contributed by atoms with E-state index in [-0.39, 0.29) is 23.8 Å². The van der Waals surface area contributed by atoms with Gasteiger partial charge in [-0.3, -0.25) is 5.41 Å². The van der Waals surface area contributed by atoms with Crippen LogP contribution in [0.1, 0.15) is 11.1 Å². The number of nitrogens with zero attached hydrogens (tertiary/aromatic N) is 1. The Hall–Kier alpha value is -2.63. The van der Waals surface area contributed by atoms with E-state index in [1.807, 2.05) is 0 Å². The van der Waals surface area contributed by atoms with Gasteiger partial charge in [-0.15, -0.1) is 0 Å². The van der Waals surface area contributed by atoms with Crippen molar-refractivity contribution >= 4 is 21.5 Å². The van der Waals surface area contributed by atoms with E-state index in [4.69, 9.17) is 11.1 Å². The summed E-state index contributed by atoms with van der Waals surface area (Å²) >= 11 is 0. The average Bonchev–Trinajstić information content (AvgIpc) is 2.66. The van der Waals surface area contributed by atoms with Crippen LogP contribution in [0.15, 0.2) is 53.4 Å². The number of nitrogen functional groups attached to an aromatic ring is 1. The van der Waals surface area contributed by atoms with E-state index < -0.39 is 27.9 Å². The number of hydrogen-bond acceptors (Lipinski definition) is 5. The van der Waals surface area contributed by atoms with Gasteiger partial charge in [-0.25, -0.2) is 8.42 Å². The molecule has 0 radical (unpaired) electrons. The number of rotatable bonds is 8. The Morgan fingerprint density at radius 3 is 2.21 bits per heavy atom. The van der Waals surface area contributed by atoms with Crippen LogP contribution < -0.4 is 11.1 Å². The second kappa shape index (κ2) is 8.80. The molecule has 11 heteroatoms. The highest BCUT2D eigenvalue weighted by atomic mass is 32.2. The third-order valence-electron chi connectivity index (χ3n) is 4.10. The monoisotopic (exact) mass is 430 g/mol. The largest absolute Gasteiger partial charge is 0.416 e. The summed E-state index contributed by atoms with van der Waals surface area (Å²) in [6.45, 7) is -0.228. The predicted octanol–water partition coefficient (Wildman–Crippen LogP) is 2.08. The minimum absolute atomic E-state index is 0.0340. The van der Waals surface area contributed by atoms with E-state index in [0.29, 0.717) is 23.4 Å². The molecule has 158 valence electrons. The fourth-order valence-corrected chi connectivity index (χ4v) is 3.67. The Bertz CT molecular complexity index is 946. The van der Waals surface area contributed by atoms with Gasteiger partial charge in [0.25, 0.3) is 0 Å². The number of alkyl halides is 3. The fraction of sp³-hybridized carbons (Fsp3) is 0.278. The quantitative estimate of drug-likeness (QED) is 0.378. The van der Waals surface area contributed by atoms with Gasteiger partial charge in [0.1, 0.15) is 5.84 Å².